The van der Waals surface area contributed by atoms with Gasteiger partial charge in [0.1, 0.15) is 10.9 Å². The highest BCUT2D eigenvalue weighted by Gasteiger charge is 2.11. The maximum atomic E-state index is 11.2. The smallest absolute Gasteiger partial charge is 0.349 e. The minimum atomic E-state index is -0.444. The molecule has 0 fully saturated rings. The van der Waals surface area contributed by atoms with E-state index >= 15 is 0 Å². The summed E-state index contributed by atoms with van der Waals surface area (Å²) in [5.74, 6) is -0.444. The van der Waals surface area contributed by atoms with E-state index in [0.717, 1.165) is 9.35 Å². The number of nitriles is 1. The predicted octanol–water partition coefficient (Wildman–Crippen LogP) is 2.50. The number of hydrogen-bond donors (Lipinski definition) is 0. The Hall–Kier alpha value is -0.860. The number of carbonyl (C=O) groups is 1. The SMILES string of the molecule is Cc1cc(C(=O)OCC#N)sc1Br. The topological polar surface area (TPSA) is 50.1 Å². The van der Waals surface area contributed by atoms with Gasteiger partial charge in [0.05, 0.1) is 3.79 Å². The minimum Gasteiger partial charge on any atom is -0.446 e. The third-order valence-corrected chi connectivity index (χ3v) is 3.44. The molecule has 0 N–H and O–H groups in total. The van der Waals surface area contributed by atoms with E-state index in [2.05, 4.69) is 20.7 Å². The number of hydrogen-bond acceptors (Lipinski definition) is 4. The standard InChI is InChI=1S/C8H6BrNO2S/c1-5-4-6(13-7(5)9)8(11)12-3-2-10/h4H,3H2,1H3. The van der Waals surface area contributed by atoms with Crippen LogP contribution in [0.2, 0.25) is 0 Å². The summed E-state index contributed by atoms with van der Waals surface area (Å²) >= 11 is 4.60. The summed E-state index contributed by atoms with van der Waals surface area (Å²) < 4.78 is 5.55. The highest BCUT2D eigenvalue weighted by Crippen LogP contribution is 2.27. The molecule has 13 heavy (non-hydrogen) atoms. The molecule has 1 heterocycles. The molecule has 0 bridgehead atoms. The second kappa shape index (κ2) is 4.40. The van der Waals surface area contributed by atoms with Gasteiger partial charge in [0, 0.05) is 0 Å². The largest absolute Gasteiger partial charge is 0.446 e. The molecule has 3 nitrogen and oxygen atoms in total. The van der Waals surface area contributed by atoms with Crippen LogP contribution in [0.15, 0.2) is 9.85 Å². The summed E-state index contributed by atoms with van der Waals surface area (Å²) in [6, 6.07) is 3.47. The lowest BCUT2D eigenvalue weighted by molar-refractivity contribution is 0.0560. The molecule has 0 aliphatic carbocycles. The molecule has 0 amide bonds. The fourth-order valence-electron chi connectivity index (χ4n) is 0.729. The Morgan fingerprint density at radius 1 is 1.85 bits per heavy atom. The van der Waals surface area contributed by atoms with E-state index in [-0.39, 0.29) is 6.61 Å². The number of aryl methyl sites for hydroxylation is 1. The first-order valence-corrected chi connectivity index (χ1v) is 5.06. The Morgan fingerprint density at radius 2 is 2.54 bits per heavy atom. The molecule has 1 aromatic heterocycles. The van der Waals surface area contributed by atoms with Crippen LogP contribution in [0.25, 0.3) is 0 Å². The molecule has 0 radical (unpaired) electrons. The number of nitrogens with zero attached hydrogens (tertiary/aromatic N) is 1. The van der Waals surface area contributed by atoms with Crippen molar-refractivity contribution < 1.29 is 9.53 Å². The first-order chi connectivity index (χ1) is 6.15. The number of ether oxygens (including phenoxy) is 1. The molecule has 1 rings (SSSR count). The Balaban J connectivity index is 2.73. The predicted molar refractivity (Wildman–Crippen MR) is 52.7 cm³/mol. The van der Waals surface area contributed by atoms with Crippen LogP contribution in [-0.2, 0) is 4.74 Å². The summed E-state index contributed by atoms with van der Waals surface area (Å²) in [6.07, 6.45) is 0. The molecule has 0 saturated heterocycles. The average Bonchev–Trinajstić information content (AvgIpc) is 2.43. The monoisotopic (exact) mass is 259 g/mol. The summed E-state index contributed by atoms with van der Waals surface area (Å²) in [5, 5.41) is 8.19. The molecule has 1 aromatic rings. The van der Waals surface area contributed by atoms with Gasteiger partial charge in [-0.2, -0.15) is 5.26 Å². The molecule has 0 aliphatic rings. The number of rotatable bonds is 2. The highest BCUT2D eigenvalue weighted by atomic mass is 79.9. The van der Waals surface area contributed by atoms with Gasteiger partial charge in [-0.15, -0.1) is 11.3 Å². The molecule has 0 atom stereocenters. The average molecular weight is 260 g/mol. The number of thiophene rings is 1. The Kier molecular flexibility index (Phi) is 3.46. The van der Waals surface area contributed by atoms with Gasteiger partial charge in [-0.1, -0.05) is 0 Å². The van der Waals surface area contributed by atoms with Crippen LogP contribution in [0.4, 0.5) is 0 Å². The number of carbonyl (C=O) groups excluding carboxylic acids is 1. The van der Waals surface area contributed by atoms with Gasteiger partial charge >= 0.3 is 5.97 Å². The maximum absolute atomic E-state index is 11.2. The second-order valence-corrected chi connectivity index (χ2v) is 4.67. The summed E-state index contributed by atoms with van der Waals surface area (Å²) in [5.41, 5.74) is 0.994. The Bertz CT molecular complexity index is 347. The van der Waals surface area contributed by atoms with Gasteiger partial charge in [0.2, 0.25) is 0 Å². The van der Waals surface area contributed by atoms with Crippen LogP contribution in [0.5, 0.6) is 0 Å². The van der Waals surface area contributed by atoms with E-state index in [1.807, 2.05) is 6.92 Å². The van der Waals surface area contributed by atoms with E-state index in [1.54, 1.807) is 12.1 Å². The van der Waals surface area contributed by atoms with Crippen molar-refractivity contribution in [2.45, 2.75) is 6.92 Å². The second-order valence-electron chi connectivity index (χ2n) is 2.30. The minimum absolute atomic E-state index is 0.201. The third-order valence-electron chi connectivity index (χ3n) is 1.33. The lowest BCUT2D eigenvalue weighted by Crippen LogP contribution is -2.02. The van der Waals surface area contributed by atoms with Gasteiger partial charge in [0.25, 0.3) is 0 Å². The van der Waals surface area contributed by atoms with Crippen molar-refractivity contribution >= 4 is 33.2 Å². The van der Waals surface area contributed by atoms with Crippen molar-refractivity contribution in [2.24, 2.45) is 0 Å². The Morgan fingerprint density at radius 3 is 3.00 bits per heavy atom. The van der Waals surface area contributed by atoms with E-state index < -0.39 is 5.97 Å². The molecule has 0 saturated carbocycles. The number of halogens is 1. The summed E-state index contributed by atoms with van der Waals surface area (Å²) in [7, 11) is 0. The van der Waals surface area contributed by atoms with Crippen LogP contribution in [0, 0.1) is 18.3 Å². The van der Waals surface area contributed by atoms with Crippen LogP contribution in [0.3, 0.4) is 0 Å². The van der Waals surface area contributed by atoms with Crippen LogP contribution in [-0.4, -0.2) is 12.6 Å². The zero-order valence-electron chi connectivity index (χ0n) is 6.83. The van der Waals surface area contributed by atoms with E-state index in [9.17, 15) is 4.79 Å². The van der Waals surface area contributed by atoms with Gasteiger partial charge in [0.15, 0.2) is 6.61 Å². The molecule has 5 heteroatoms. The van der Waals surface area contributed by atoms with Crippen LogP contribution < -0.4 is 0 Å². The van der Waals surface area contributed by atoms with Crippen LogP contribution >= 0.6 is 27.3 Å². The van der Waals surface area contributed by atoms with Gasteiger partial charge in [-0.3, -0.25) is 0 Å². The summed E-state index contributed by atoms with van der Waals surface area (Å²) in [4.78, 5) is 11.7. The van der Waals surface area contributed by atoms with Crippen molar-refractivity contribution in [3.05, 3.63) is 20.3 Å². The quantitative estimate of drug-likeness (QED) is 0.767. The van der Waals surface area contributed by atoms with Gasteiger partial charge in [-0.25, -0.2) is 4.79 Å². The molecule has 0 spiro atoms. The molecular weight excluding hydrogens is 254 g/mol. The Labute approximate surface area is 88.1 Å². The van der Waals surface area contributed by atoms with Crippen molar-refractivity contribution in [1.29, 1.82) is 5.26 Å². The van der Waals surface area contributed by atoms with Crippen molar-refractivity contribution in [1.82, 2.24) is 0 Å². The van der Waals surface area contributed by atoms with E-state index in [0.29, 0.717) is 4.88 Å². The molecule has 0 unspecified atom stereocenters. The molecule has 0 aromatic carbocycles. The lowest BCUT2D eigenvalue weighted by atomic mass is 10.3. The zero-order chi connectivity index (χ0) is 9.84. The fraction of sp³-hybridized carbons (Fsp3) is 0.250. The third kappa shape index (κ3) is 2.54. The zero-order valence-corrected chi connectivity index (χ0v) is 9.24. The normalized spacial score (nSPS) is 9.31. The van der Waals surface area contributed by atoms with Gasteiger partial charge in [-0.05, 0) is 34.5 Å². The lowest BCUT2D eigenvalue weighted by Gasteiger charge is -1.94. The van der Waals surface area contributed by atoms with E-state index in [1.165, 1.54) is 11.3 Å². The first kappa shape index (κ1) is 10.2. The molecule has 68 valence electrons. The maximum Gasteiger partial charge on any atom is 0.349 e. The summed E-state index contributed by atoms with van der Waals surface area (Å²) in [6.45, 7) is 1.69. The van der Waals surface area contributed by atoms with E-state index in [4.69, 9.17) is 5.26 Å². The first-order valence-electron chi connectivity index (χ1n) is 3.45. The van der Waals surface area contributed by atoms with Crippen LogP contribution in [0.1, 0.15) is 15.2 Å². The van der Waals surface area contributed by atoms with Gasteiger partial charge < -0.3 is 4.74 Å². The highest BCUT2D eigenvalue weighted by molar-refractivity contribution is 9.11. The van der Waals surface area contributed by atoms with Crippen molar-refractivity contribution in [2.75, 3.05) is 6.61 Å². The fourth-order valence-corrected chi connectivity index (χ4v) is 2.16. The van der Waals surface area contributed by atoms with Crippen molar-refractivity contribution in [3.63, 3.8) is 0 Å². The molecule has 0 aliphatic heterocycles. The molecular formula is C8H6BrNO2S. The van der Waals surface area contributed by atoms with Crippen molar-refractivity contribution in [3.8, 4) is 6.07 Å². The number of esters is 1.